The van der Waals surface area contributed by atoms with Crippen molar-refractivity contribution in [3.8, 4) is 11.6 Å². The first-order valence-corrected chi connectivity index (χ1v) is 19.4. The van der Waals surface area contributed by atoms with Gasteiger partial charge in [-0.15, -0.1) is 0 Å². The Morgan fingerprint density at radius 3 is 1.53 bits per heavy atom. The lowest BCUT2D eigenvalue weighted by Crippen LogP contribution is -2.27. The van der Waals surface area contributed by atoms with E-state index < -0.39 is 40.9 Å². The fourth-order valence-electron chi connectivity index (χ4n) is 5.10. The van der Waals surface area contributed by atoms with Crippen LogP contribution in [0.3, 0.4) is 0 Å². The minimum absolute atomic E-state index is 0.00465. The molecule has 0 aliphatic carbocycles. The highest BCUT2D eigenvalue weighted by molar-refractivity contribution is 6.34. The molecule has 0 fully saturated rings. The summed E-state index contributed by atoms with van der Waals surface area (Å²) in [7, 11) is 0. The maximum absolute atomic E-state index is 13.5. The van der Waals surface area contributed by atoms with E-state index in [1.54, 1.807) is 82.3 Å². The molecule has 0 unspecified atom stereocenters. The van der Waals surface area contributed by atoms with Crippen molar-refractivity contribution in [2.24, 2.45) is 0 Å². The van der Waals surface area contributed by atoms with Crippen LogP contribution in [0, 0.1) is 5.82 Å². The molecule has 2 aromatic heterocycles. The Balaban J connectivity index is 0.000000268. The van der Waals surface area contributed by atoms with E-state index in [1.165, 1.54) is 42.7 Å². The maximum atomic E-state index is 13.5. The van der Waals surface area contributed by atoms with Crippen LogP contribution in [0.25, 0.3) is 0 Å². The van der Waals surface area contributed by atoms with E-state index in [4.69, 9.17) is 49.0 Å². The molecular weight excluding hydrogens is 822 g/mol. The molecule has 2 atom stereocenters. The van der Waals surface area contributed by atoms with Crippen LogP contribution < -0.4 is 15.4 Å². The molecule has 2 heterocycles. The van der Waals surface area contributed by atoms with Crippen molar-refractivity contribution in [2.45, 2.75) is 78.7 Å². The molecule has 2 N–H and O–H groups in total. The number of nitrogens with one attached hydrogen (secondary N) is 2. The maximum Gasteiger partial charge on any atom is 0.338 e. The summed E-state index contributed by atoms with van der Waals surface area (Å²) in [6.07, 6.45) is 2.71. The van der Waals surface area contributed by atoms with E-state index in [0.29, 0.717) is 16.1 Å². The second-order valence-corrected chi connectivity index (χ2v) is 16.4. The van der Waals surface area contributed by atoms with Gasteiger partial charge in [-0.25, -0.2) is 23.9 Å². The van der Waals surface area contributed by atoms with Crippen molar-refractivity contribution < 1.29 is 37.8 Å². The topological polar surface area (TPSA) is 146 Å². The second-order valence-electron chi connectivity index (χ2n) is 15.2. The van der Waals surface area contributed by atoms with Gasteiger partial charge in [0.25, 0.3) is 11.8 Å². The van der Waals surface area contributed by atoms with Gasteiger partial charge in [-0.05, 0) is 115 Å². The number of benzene rings is 3. The molecular formula is C44H44Cl3FN4O7. The quantitative estimate of drug-likeness (QED) is 0.103. The monoisotopic (exact) mass is 864 g/mol. The van der Waals surface area contributed by atoms with Gasteiger partial charge in [-0.3, -0.25) is 9.59 Å². The Morgan fingerprint density at radius 1 is 0.627 bits per heavy atom. The zero-order valence-electron chi connectivity index (χ0n) is 33.7. The number of nitrogens with zero attached hydrogens (tertiary/aromatic N) is 2. The molecule has 0 saturated carbocycles. The van der Waals surface area contributed by atoms with E-state index in [9.17, 15) is 23.6 Å². The average Bonchev–Trinajstić information content (AvgIpc) is 3.15. The lowest BCUT2D eigenvalue weighted by atomic mass is 10.1. The second kappa shape index (κ2) is 19.9. The van der Waals surface area contributed by atoms with Crippen molar-refractivity contribution in [1.29, 1.82) is 0 Å². The summed E-state index contributed by atoms with van der Waals surface area (Å²) in [4.78, 5) is 57.5. The lowest BCUT2D eigenvalue weighted by Gasteiger charge is -2.20. The van der Waals surface area contributed by atoms with Crippen LogP contribution in [0.2, 0.25) is 15.2 Å². The SMILES string of the molecule is C[C@H](NC(=O)c1cc(Cl)cnc1Cl)c1ccc(C(=O)OC(C)(C)C)cc1.C[C@H](NC(=O)c1cc(Cl)cnc1Oc1cccc(F)c1)c1ccc(C(=O)OC(C)(C)C)cc1. The van der Waals surface area contributed by atoms with E-state index in [2.05, 4.69) is 20.6 Å². The molecule has 5 aromatic rings. The fourth-order valence-corrected chi connectivity index (χ4v) is 5.60. The number of halogens is 4. The van der Waals surface area contributed by atoms with Gasteiger partial charge in [0, 0.05) is 18.5 Å². The van der Waals surface area contributed by atoms with Crippen molar-refractivity contribution in [2.75, 3.05) is 0 Å². The Morgan fingerprint density at radius 2 is 1.07 bits per heavy atom. The Bertz CT molecular complexity index is 2290. The van der Waals surface area contributed by atoms with Gasteiger partial charge in [0.2, 0.25) is 5.88 Å². The largest absolute Gasteiger partial charge is 0.456 e. The van der Waals surface area contributed by atoms with Gasteiger partial charge in [-0.1, -0.05) is 65.1 Å². The summed E-state index contributed by atoms with van der Waals surface area (Å²) in [5.41, 5.74) is 1.63. The van der Waals surface area contributed by atoms with Crippen molar-refractivity contribution in [3.63, 3.8) is 0 Å². The van der Waals surface area contributed by atoms with Gasteiger partial charge < -0.3 is 24.8 Å². The third-order valence-electron chi connectivity index (χ3n) is 7.91. The summed E-state index contributed by atoms with van der Waals surface area (Å²) in [5.74, 6) is -1.95. The number of esters is 2. The highest BCUT2D eigenvalue weighted by Gasteiger charge is 2.22. The number of rotatable bonds is 10. The third-order valence-corrected chi connectivity index (χ3v) is 8.62. The van der Waals surface area contributed by atoms with Gasteiger partial charge in [0.1, 0.15) is 33.5 Å². The summed E-state index contributed by atoms with van der Waals surface area (Å²) in [6.45, 7) is 14.5. The molecule has 0 aliphatic rings. The number of hydrogen-bond donors (Lipinski definition) is 2. The Kier molecular flexibility index (Phi) is 15.6. The summed E-state index contributed by atoms with van der Waals surface area (Å²) in [5, 5.41) is 6.35. The number of carbonyl (C=O) groups excluding carboxylic acids is 4. The van der Waals surface area contributed by atoms with Crippen LogP contribution in [-0.2, 0) is 9.47 Å². The Hall–Kier alpha value is -5.56. The van der Waals surface area contributed by atoms with Gasteiger partial charge in [0.05, 0.1) is 38.8 Å². The van der Waals surface area contributed by atoms with Crippen LogP contribution >= 0.6 is 34.8 Å². The highest BCUT2D eigenvalue weighted by atomic mass is 35.5. The normalized spacial score (nSPS) is 12.2. The number of amides is 2. The van der Waals surface area contributed by atoms with Crippen LogP contribution in [0.1, 0.15) is 120 Å². The summed E-state index contributed by atoms with van der Waals surface area (Å²) in [6, 6.07) is 21.3. The molecule has 0 saturated heterocycles. The minimum Gasteiger partial charge on any atom is -0.456 e. The van der Waals surface area contributed by atoms with Crippen LogP contribution in [0.15, 0.2) is 97.3 Å². The fraction of sp³-hybridized carbons (Fsp3) is 0.273. The van der Waals surface area contributed by atoms with Gasteiger partial charge in [-0.2, -0.15) is 0 Å². The molecule has 15 heteroatoms. The average molecular weight is 866 g/mol. The third kappa shape index (κ3) is 14.3. The molecule has 59 heavy (non-hydrogen) atoms. The zero-order valence-corrected chi connectivity index (χ0v) is 35.9. The van der Waals surface area contributed by atoms with Crippen molar-refractivity contribution in [3.05, 3.63) is 152 Å². The smallest absolute Gasteiger partial charge is 0.338 e. The first kappa shape index (κ1) is 46.1. The van der Waals surface area contributed by atoms with E-state index >= 15 is 0 Å². The molecule has 0 radical (unpaired) electrons. The van der Waals surface area contributed by atoms with Crippen LogP contribution in [0.4, 0.5) is 4.39 Å². The van der Waals surface area contributed by atoms with Crippen molar-refractivity contribution in [1.82, 2.24) is 20.6 Å². The number of carbonyl (C=O) groups is 4. The molecule has 5 rings (SSSR count). The van der Waals surface area contributed by atoms with Gasteiger partial charge >= 0.3 is 11.9 Å². The van der Waals surface area contributed by atoms with Crippen LogP contribution in [-0.4, -0.2) is 44.9 Å². The van der Waals surface area contributed by atoms with Crippen molar-refractivity contribution >= 4 is 58.6 Å². The number of hydrogen-bond acceptors (Lipinski definition) is 9. The highest BCUT2D eigenvalue weighted by Crippen LogP contribution is 2.27. The number of aromatic nitrogens is 2. The molecule has 3 aromatic carbocycles. The predicted octanol–water partition coefficient (Wildman–Crippen LogP) is 10.9. The van der Waals surface area contributed by atoms with E-state index in [0.717, 1.165) is 11.1 Å². The Labute approximate surface area is 357 Å². The van der Waals surface area contributed by atoms with E-state index in [1.807, 2.05) is 27.7 Å². The van der Waals surface area contributed by atoms with Gasteiger partial charge in [0.15, 0.2) is 0 Å². The zero-order chi connectivity index (χ0) is 43.7. The summed E-state index contributed by atoms with van der Waals surface area (Å²) < 4.78 is 29.8. The number of ether oxygens (including phenoxy) is 3. The lowest BCUT2D eigenvalue weighted by molar-refractivity contribution is 0.00570. The molecule has 0 bridgehead atoms. The predicted molar refractivity (Wildman–Crippen MR) is 225 cm³/mol. The molecule has 0 spiro atoms. The molecule has 0 aliphatic heterocycles. The molecule has 310 valence electrons. The number of pyridine rings is 2. The molecule has 2 amide bonds. The van der Waals surface area contributed by atoms with Crippen LogP contribution in [0.5, 0.6) is 11.6 Å². The van der Waals surface area contributed by atoms with E-state index in [-0.39, 0.29) is 44.9 Å². The first-order chi connectivity index (χ1) is 27.6. The molecule has 11 nitrogen and oxygen atoms in total. The first-order valence-electron chi connectivity index (χ1n) is 18.3. The minimum atomic E-state index is -0.590. The standard InChI is InChI=1S/C25H24ClFN2O4.C19H20Cl2N2O3/c1-15(16-8-10-17(11-9-16)24(31)33-25(2,3)4)29-22(30)21-12-18(26)14-28-23(21)32-20-7-5-6-19(27)13-20;1-11(23-17(24)15-9-14(20)10-22-16(15)21)12-5-7-13(8-6-12)18(25)26-19(2,3)4/h5-15H,1-4H3,(H,29,30);5-11H,1-4H3,(H,23,24)/t15-;11-/m00/s1. The summed E-state index contributed by atoms with van der Waals surface area (Å²) >= 11 is 17.8.